The van der Waals surface area contributed by atoms with Crippen LogP contribution in [0, 0.1) is 13.8 Å². The van der Waals surface area contributed by atoms with E-state index in [1.165, 1.54) is 0 Å². The maximum absolute atomic E-state index is 13.5. The minimum Gasteiger partial charge on any atom is -0.450 e. The Kier molecular flexibility index (Phi) is 4.33. The van der Waals surface area contributed by atoms with E-state index in [9.17, 15) is 9.59 Å². The van der Waals surface area contributed by atoms with Crippen molar-refractivity contribution in [3.05, 3.63) is 104 Å². The van der Waals surface area contributed by atoms with E-state index in [4.69, 9.17) is 4.42 Å². The van der Waals surface area contributed by atoms with Crippen molar-refractivity contribution in [1.29, 1.82) is 0 Å². The number of carbonyl (C=O) groups is 1. The number of aromatic nitrogens is 1. The Balaban J connectivity index is 1.83. The van der Waals surface area contributed by atoms with Crippen LogP contribution in [0.25, 0.3) is 11.0 Å². The second kappa shape index (κ2) is 6.92. The zero-order valence-corrected chi connectivity index (χ0v) is 17.9. The molecule has 5 nitrogen and oxygen atoms in total. The molecule has 1 aliphatic rings. The van der Waals surface area contributed by atoms with Crippen LogP contribution in [0.15, 0.2) is 74.5 Å². The third kappa shape index (κ3) is 2.87. The first-order chi connectivity index (χ1) is 14.4. The van der Waals surface area contributed by atoms with Crippen molar-refractivity contribution in [2.75, 3.05) is 4.90 Å². The zero-order valence-electron chi connectivity index (χ0n) is 16.3. The Morgan fingerprint density at radius 2 is 1.73 bits per heavy atom. The fourth-order valence-electron chi connectivity index (χ4n) is 3.90. The Labute approximate surface area is 181 Å². The summed E-state index contributed by atoms with van der Waals surface area (Å²) in [6.07, 6.45) is 1.66. The van der Waals surface area contributed by atoms with Gasteiger partial charge in [0.2, 0.25) is 5.76 Å². The molecule has 2 aromatic heterocycles. The average Bonchev–Trinajstić information content (AvgIpc) is 3.02. The first-order valence-corrected chi connectivity index (χ1v) is 10.3. The van der Waals surface area contributed by atoms with Crippen molar-refractivity contribution in [2.24, 2.45) is 0 Å². The van der Waals surface area contributed by atoms with Crippen LogP contribution in [0.4, 0.5) is 5.82 Å². The molecule has 3 heterocycles. The van der Waals surface area contributed by atoms with Gasteiger partial charge in [0.15, 0.2) is 5.43 Å². The number of fused-ring (bicyclic) bond motifs is 2. The van der Waals surface area contributed by atoms with Crippen LogP contribution in [-0.4, -0.2) is 10.9 Å². The minimum atomic E-state index is -0.609. The molecule has 0 radical (unpaired) electrons. The zero-order chi connectivity index (χ0) is 21.0. The van der Waals surface area contributed by atoms with Crippen molar-refractivity contribution in [2.45, 2.75) is 19.9 Å². The van der Waals surface area contributed by atoms with Crippen LogP contribution in [0.5, 0.6) is 0 Å². The van der Waals surface area contributed by atoms with Gasteiger partial charge < -0.3 is 4.42 Å². The van der Waals surface area contributed by atoms with Gasteiger partial charge in [0, 0.05) is 10.7 Å². The van der Waals surface area contributed by atoms with Gasteiger partial charge in [0.1, 0.15) is 11.4 Å². The second-order valence-electron chi connectivity index (χ2n) is 7.49. The van der Waals surface area contributed by atoms with E-state index in [-0.39, 0.29) is 17.1 Å². The van der Waals surface area contributed by atoms with Crippen LogP contribution in [0.3, 0.4) is 0 Å². The van der Waals surface area contributed by atoms with Gasteiger partial charge in [-0.25, -0.2) is 4.98 Å². The number of anilines is 1. The Morgan fingerprint density at radius 3 is 2.47 bits per heavy atom. The second-order valence-corrected chi connectivity index (χ2v) is 8.41. The highest BCUT2D eigenvalue weighted by atomic mass is 79.9. The van der Waals surface area contributed by atoms with Gasteiger partial charge in [0.25, 0.3) is 5.91 Å². The molecular formula is C24H17BrN2O3. The van der Waals surface area contributed by atoms with Crippen molar-refractivity contribution < 1.29 is 9.21 Å². The smallest absolute Gasteiger partial charge is 0.296 e. The van der Waals surface area contributed by atoms with E-state index >= 15 is 0 Å². The lowest BCUT2D eigenvalue weighted by Gasteiger charge is -2.24. The van der Waals surface area contributed by atoms with Gasteiger partial charge in [-0.15, -0.1) is 0 Å². The third-order valence-corrected chi connectivity index (χ3v) is 5.87. The molecule has 148 valence electrons. The summed E-state index contributed by atoms with van der Waals surface area (Å²) in [6.45, 7) is 3.94. The number of pyridine rings is 1. The molecule has 0 N–H and O–H groups in total. The van der Waals surface area contributed by atoms with Gasteiger partial charge >= 0.3 is 0 Å². The van der Waals surface area contributed by atoms with Gasteiger partial charge in [-0.3, -0.25) is 14.5 Å². The Morgan fingerprint density at radius 1 is 0.967 bits per heavy atom. The normalized spacial score (nSPS) is 15.6. The van der Waals surface area contributed by atoms with E-state index in [2.05, 4.69) is 20.9 Å². The van der Waals surface area contributed by atoms with Gasteiger partial charge in [-0.05, 0) is 55.3 Å². The van der Waals surface area contributed by atoms with E-state index in [0.29, 0.717) is 22.4 Å². The standard InChI is InChI=1S/C24H17BrN2O3/c1-13-3-5-15(6-4-13)21-20-22(28)17-12-16(25)7-8-18(17)30-23(20)24(29)27(21)19-11-14(2)9-10-26-19/h3-12,21H,1-2H3. The van der Waals surface area contributed by atoms with Crippen molar-refractivity contribution in [3.8, 4) is 0 Å². The molecule has 1 atom stereocenters. The molecule has 0 saturated heterocycles. The summed E-state index contributed by atoms with van der Waals surface area (Å²) >= 11 is 3.42. The number of carbonyl (C=O) groups excluding carboxylic acids is 1. The van der Waals surface area contributed by atoms with Gasteiger partial charge in [-0.2, -0.15) is 0 Å². The SMILES string of the molecule is Cc1ccc(C2c3c(oc4ccc(Br)cc4c3=O)C(=O)N2c2cc(C)ccn2)cc1. The molecule has 6 heteroatoms. The number of halogens is 1. The van der Waals surface area contributed by atoms with Crippen molar-refractivity contribution in [1.82, 2.24) is 4.98 Å². The van der Waals surface area contributed by atoms with E-state index in [1.807, 2.05) is 50.2 Å². The Bertz CT molecular complexity index is 1380. The number of amides is 1. The molecule has 4 aromatic rings. The maximum atomic E-state index is 13.5. The van der Waals surface area contributed by atoms with Crippen LogP contribution >= 0.6 is 15.9 Å². The van der Waals surface area contributed by atoms with Crippen LogP contribution in [0.1, 0.15) is 38.9 Å². The molecule has 1 aliphatic heterocycles. The van der Waals surface area contributed by atoms with E-state index in [0.717, 1.165) is 21.2 Å². The summed E-state index contributed by atoms with van der Waals surface area (Å²) in [7, 11) is 0. The molecule has 0 bridgehead atoms. The fourth-order valence-corrected chi connectivity index (χ4v) is 4.26. The quantitative estimate of drug-likeness (QED) is 0.406. The monoisotopic (exact) mass is 460 g/mol. The summed E-state index contributed by atoms with van der Waals surface area (Å²) in [5.74, 6) is 0.195. The molecule has 2 aromatic carbocycles. The highest BCUT2D eigenvalue weighted by molar-refractivity contribution is 9.10. The summed E-state index contributed by atoms with van der Waals surface area (Å²) < 4.78 is 6.74. The summed E-state index contributed by atoms with van der Waals surface area (Å²) in [6, 6.07) is 16.1. The first-order valence-electron chi connectivity index (χ1n) is 9.53. The van der Waals surface area contributed by atoms with E-state index < -0.39 is 6.04 Å². The predicted octanol–water partition coefficient (Wildman–Crippen LogP) is 5.32. The molecule has 0 saturated carbocycles. The van der Waals surface area contributed by atoms with Crippen molar-refractivity contribution >= 4 is 38.6 Å². The summed E-state index contributed by atoms with van der Waals surface area (Å²) in [5, 5.41) is 0.437. The summed E-state index contributed by atoms with van der Waals surface area (Å²) in [5.41, 5.74) is 3.42. The number of hydrogen-bond acceptors (Lipinski definition) is 4. The molecular weight excluding hydrogens is 444 g/mol. The molecule has 30 heavy (non-hydrogen) atoms. The first kappa shape index (κ1) is 18.8. The molecule has 0 aliphatic carbocycles. The molecule has 5 rings (SSSR count). The molecule has 0 spiro atoms. The lowest BCUT2D eigenvalue weighted by molar-refractivity contribution is 0.0970. The number of rotatable bonds is 2. The van der Waals surface area contributed by atoms with Crippen molar-refractivity contribution in [3.63, 3.8) is 0 Å². The number of nitrogens with zero attached hydrogens (tertiary/aromatic N) is 2. The molecule has 0 fully saturated rings. The fraction of sp³-hybridized carbons (Fsp3) is 0.125. The molecule has 1 unspecified atom stereocenters. The third-order valence-electron chi connectivity index (χ3n) is 5.37. The highest BCUT2D eigenvalue weighted by Crippen LogP contribution is 2.40. The predicted molar refractivity (Wildman–Crippen MR) is 119 cm³/mol. The Hall–Kier alpha value is -3.25. The lowest BCUT2D eigenvalue weighted by Crippen LogP contribution is -2.30. The van der Waals surface area contributed by atoms with E-state index in [1.54, 1.807) is 29.3 Å². The molecule has 1 amide bonds. The van der Waals surface area contributed by atoms with Gasteiger partial charge in [-0.1, -0.05) is 45.8 Å². The number of hydrogen-bond donors (Lipinski definition) is 0. The average molecular weight is 461 g/mol. The van der Waals surface area contributed by atoms with Crippen LogP contribution in [0.2, 0.25) is 0 Å². The maximum Gasteiger partial charge on any atom is 0.296 e. The lowest BCUT2D eigenvalue weighted by atomic mass is 9.97. The van der Waals surface area contributed by atoms with Crippen LogP contribution < -0.4 is 10.3 Å². The minimum absolute atomic E-state index is 0.0729. The largest absolute Gasteiger partial charge is 0.450 e. The highest BCUT2D eigenvalue weighted by Gasteiger charge is 2.44. The van der Waals surface area contributed by atoms with Gasteiger partial charge in [0.05, 0.1) is 17.0 Å². The number of aryl methyl sites for hydroxylation is 2. The van der Waals surface area contributed by atoms with Crippen LogP contribution in [-0.2, 0) is 0 Å². The summed E-state index contributed by atoms with van der Waals surface area (Å²) in [4.78, 5) is 33.0. The topological polar surface area (TPSA) is 63.4 Å². The number of benzene rings is 2.